The number of hydrogen-bond donors (Lipinski definition) is 3. The van der Waals surface area contributed by atoms with Crippen molar-refractivity contribution in [3.05, 3.63) is 56.9 Å². The number of aliphatic imine (C=N–C) groups is 1. The zero-order chi connectivity index (χ0) is 18.6. The summed E-state index contributed by atoms with van der Waals surface area (Å²) in [5, 5.41) is 3.37. The third kappa shape index (κ3) is 5.23. The molecule has 0 radical (unpaired) electrons. The molecule has 0 bridgehead atoms. The third-order valence-corrected chi connectivity index (χ3v) is 3.63. The summed E-state index contributed by atoms with van der Waals surface area (Å²) < 4.78 is 5.44. The molecule has 0 aliphatic heterocycles. The van der Waals surface area contributed by atoms with Crippen molar-refractivity contribution < 1.29 is 9.53 Å². The number of H-pyrrole nitrogens is 1. The highest BCUT2D eigenvalue weighted by atomic mass is 35.5. The highest BCUT2D eigenvalue weighted by Crippen LogP contribution is 2.28. The van der Waals surface area contributed by atoms with E-state index in [4.69, 9.17) is 33.7 Å². The number of amides is 1. The van der Waals surface area contributed by atoms with E-state index in [2.05, 4.69) is 15.3 Å². The van der Waals surface area contributed by atoms with Gasteiger partial charge in [-0.3, -0.25) is 9.59 Å². The predicted octanol–water partition coefficient (Wildman–Crippen LogP) is 3.06. The minimum atomic E-state index is -1.32. The molecule has 4 N–H and O–H groups in total. The molecule has 2 aromatic rings. The number of anilines is 1. The van der Waals surface area contributed by atoms with Crippen LogP contribution in [-0.4, -0.2) is 22.5 Å². The lowest BCUT2D eigenvalue weighted by atomic mass is 10.1. The van der Waals surface area contributed by atoms with Crippen molar-refractivity contribution >= 4 is 46.5 Å². The smallest absolute Gasteiger partial charge is 0.288 e. The van der Waals surface area contributed by atoms with Gasteiger partial charge in [0.25, 0.3) is 11.9 Å². The van der Waals surface area contributed by atoms with Crippen LogP contribution in [0.2, 0.25) is 10.0 Å². The van der Waals surface area contributed by atoms with Crippen LogP contribution in [0.3, 0.4) is 0 Å². The maximum absolute atomic E-state index is 12.3. The van der Waals surface area contributed by atoms with Crippen LogP contribution in [0.5, 0.6) is 0 Å². The SMILES string of the molecule is CC(C)(OC(N)=Nc1ccc(Cl)cc1Cl)C(=O)Nc1ccc(=O)[nH]c1. The Bertz CT molecular complexity index is 857. The van der Waals surface area contributed by atoms with Gasteiger partial charge in [0.1, 0.15) is 0 Å². The number of aromatic amines is 1. The topological polar surface area (TPSA) is 110 Å². The minimum Gasteiger partial charge on any atom is -0.449 e. The Morgan fingerprint density at radius 2 is 2.00 bits per heavy atom. The summed E-state index contributed by atoms with van der Waals surface area (Å²) in [4.78, 5) is 29.9. The van der Waals surface area contributed by atoms with Crippen LogP contribution < -0.4 is 16.6 Å². The molecule has 1 aromatic heterocycles. The lowest BCUT2D eigenvalue weighted by Crippen LogP contribution is -2.43. The fraction of sp³-hybridized carbons (Fsp3) is 0.188. The van der Waals surface area contributed by atoms with E-state index in [1.54, 1.807) is 12.1 Å². The van der Waals surface area contributed by atoms with Crippen molar-refractivity contribution in [3.8, 4) is 0 Å². The molecular weight excluding hydrogens is 367 g/mol. The van der Waals surface area contributed by atoms with Gasteiger partial charge < -0.3 is 20.8 Å². The lowest BCUT2D eigenvalue weighted by Gasteiger charge is -2.24. The van der Waals surface area contributed by atoms with E-state index in [9.17, 15) is 9.59 Å². The Balaban J connectivity index is 2.10. The normalized spacial score (nSPS) is 11.9. The summed E-state index contributed by atoms with van der Waals surface area (Å²) in [6.07, 6.45) is 1.38. The van der Waals surface area contributed by atoms with Gasteiger partial charge in [0.15, 0.2) is 5.60 Å². The Labute approximate surface area is 153 Å². The van der Waals surface area contributed by atoms with E-state index in [-0.39, 0.29) is 11.6 Å². The Kier molecular flexibility index (Phi) is 5.71. The highest BCUT2D eigenvalue weighted by Gasteiger charge is 2.31. The average molecular weight is 383 g/mol. The number of nitrogens with two attached hydrogens (primary N) is 1. The number of carbonyl (C=O) groups excluding carboxylic acids is 1. The Hall–Kier alpha value is -2.51. The number of aromatic nitrogens is 1. The van der Waals surface area contributed by atoms with E-state index in [1.165, 1.54) is 38.2 Å². The molecule has 1 heterocycles. The Morgan fingerprint density at radius 3 is 2.60 bits per heavy atom. The molecule has 0 fully saturated rings. The average Bonchev–Trinajstić information content (AvgIpc) is 2.52. The molecule has 0 aliphatic rings. The first kappa shape index (κ1) is 18.8. The molecule has 1 aromatic carbocycles. The van der Waals surface area contributed by atoms with Crippen LogP contribution in [0, 0.1) is 0 Å². The van der Waals surface area contributed by atoms with Gasteiger partial charge >= 0.3 is 0 Å². The van der Waals surface area contributed by atoms with Crippen LogP contribution >= 0.6 is 23.2 Å². The molecule has 1 amide bonds. The number of carbonyl (C=O) groups is 1. The van der Waals surface area contributed by atoms with Crippen LogP contribution in [-0.2, 0) is 9.53 Å². The molecule has 0 saturated heterocycles. The lowest BCUT2D eigenvalue weighted by molar-refractivity contribution is -0.129. The van der Waals surface area contributed by atoms with Crippen LogP contribution in [0.4, 0.5) is 11.4 Å². The summed E-state index contributed by atoms with van der Waals surface area (Å²) in [6, 6.07) is 7.23. The van der Waals surface area contributed by atoms with E-state index >= 15 is 0 Å². The highest BCUT2D eigenvalue weighted by molar-refractivity contribution is 6.36. The Morgan fingerprint density at radius 1 is 1.28 bits per heavy atom. The van der Waals surface area contributed by atoms with Crippen LogP contribution in [0.25, 0.3) is 0 Å². The second-order valence-electron chi connectivity index (χ2n) is 5.55. The summed E-state index contributed by atoms with van der Waals surface area (Å²) in [5.41, 5.74) is 4.94. The monoisotopic (exact) mass is 382 g/mol. The number of pyridine rings is 1. The fourth-order valence-corrected chi connectivity index (χ4v) is 2.24. The van der Waals surface area contributed by atoms with Gasteiger partial charge in [0.2, 0.25) is 5.56 Å². The maximum Gasteiger partial charge on any atom is 0.288 e. The fourth-order valence-electron chi connectivity index (χ4n) is 1.79. The molecule has 132 valence electrons. The number of benzene rings is 1. The molecule has 25 heavy (non-hydrogen) atoms. The standard InChI is InChI=1S/C16H16Cl2N4O3/c1-16(2,14(24)21-10-4-6-13(23)20-8-10)25-15(19)22-12-5-3-9(17)7-11(12)18/h3-8H,1-2H3,(H2,19,22)(H,20,23)(H,21,24). The molecular formula is C16H16Cl2N4O3. The van der Waals surface area contributed by atoms with Crippen molar-refractivity contribution in [3.63, 3.8) is 0 Å². The zero-order valence-electron chi connectivity index (χ0n) is 13.5. The number of nitrogens with zero attached hydrogens (tertiary/aromatic N) is 1. The van der Waals surface area contributed by atoms with Gasteiger partial charge in [-0.15, -0.1) is 0 Å². The number of halogens is 2. The first-order chi connectivity index (χ1) is 11.7. The quantitative estimate of drug-likeness (QED) is 0.557. The van der Waals surface area contributed by atoms with Gasteiger partial charge in [0.05, 0.1) is 16.4 Å². The van der Waals surface area contributed by atoms with Gasteiger partial charge in [-0.2, -0.15) is 4.99 Å². The van der Waals surface area contributed by atoms with E-state index < -0.39 is 11.5 Å². The molecule has 7 nitrogen and oxygen atoms in total. The molecule has 0 aliphatic carbocycles. The molecule has 9 heteroatoms. The van der Waals surface area contributed by atoms with Crippen molar-refractivity contribution in [2.45, 2.75) is 19.4 Å². The number of nitrogens with one attached hydrogen (secondary N) is 2. The van der Waals surface area contributed by atoms with Crippen molar-refractivity contribution in [2.24, 2.45) is 10.7 Å². The van der Waals surface area contributed by atoms with Crippen molar-refractivity contribution in [1.82, 2.24) is 4.98 Å². The van der Waals surface area contributed by atoms with E-state index in [0.29, 0.717) is 21.4 Å². The first-order valence-corrected chi connectivity index (χ1v) is 7.91. The summed E-state index contributed by atoms with van der Waals surface area (Å²) in [6.45, 7) is 3.06. The number of rotatable bonds is 4. The van der Waals surface area contributed by atoms with E-state index in [1.807, 2.05) is 0 Å². The molecule has 0 unspecified atom stereocenters. The second kappa shape index (κ2) is 7.58. The molecule has 0 atom stereocenters. The maximum atomic E-state index is 12.3. The summed E-state index contributed by atoms with van der Waals surface area (Å²) in [5.74, 6) is -0.472. The summed E-state index contributed by atoms with van der Waals surface area (Å²) >= 11 is 11.8. The van der Waals surface area contributed by atoms with E-state index in [0.717, 1.165) is 0 Å². The number of amidine groups is 1. The third-order valence-electron chi connectivity index (χ3n) is 3.09. The molecule has 0 saturated carbocycles. The second-order valence-corrected chi connectivity index (χ2v) is 6.40. The van der Waals surface area contributed by atoms with Crippen molar-refractivity contribution in [2.75, 3.05) is 5.32 Å². The van der Waals surface area contributed by atoms with Crippen LogP contribution in [0.1, 0.15) is 13.8 Å². The largest absolute Gasteiger partial charge is 0.449 e. The number of hydrogen-bond acceptors (Lipinski definition) is 4. The van der Waals surface area contributed by atoms with Gasteiger partial charge in [-0.25, -0.2) is 0 Å². The van der Waals surface area contributed by atoms with Crippen LogP contribution in [0.15, 0.2) is 46.3 Å². The summed E-state index contributed by atoms with van der Waals surface area (Å²) in [7, 11) is 0. The zero-order valence-corrected chi connectivity index (χ0v) is 15.0. The number of ether oxygens (including phenoxy) is 1. The predicted molar refractivity (Wildman–Crippen MR) is 98.6 cm³/mol. The molecule has 0 spiro atoms. The van der Waals surface area contributed by atoms with Gasteiger partial charge in [-0.1, -0.05) is 23.2 Å². The van der Waals surface area contributed by atoms with Gasteiger partial charge in [-0.05, 0) is 38.1 Å². The first-order valence-electron chi connectivity index (χ1n) is 7.16. The van der Waals surface area contributed by atoms with Crippen molar-refractivity contribution in [1.29, 1.82) is 0 Å². The van der Waals surface area contributed by atoms with Gasteiger partial charge in [0, 0.05) is 17.3 Å². The minimum absolute atomic E-state index is 0.231. The molecule has 2 rings (SSSR count).